The van der Waals surface area contributed by atoms with Crippen LogP contribution in [0.3, 0.4) is 0 Å². The van der Waals surface area contributed by atoms with Crippen molar-refractivity contribution in [3.63, 3.8) is 0 Å². The van der Waals surface area contributed by atoms with Crippen LogP contribution in [0.4, 0.5) is 10.7 Å². The zero-order valence-electron chi connectivity index (χ0n) is 13.6. The van der Waals surface area contributed by atoms with Crippen molar-refractivity contribution in [3.05, 3.63) is 31.1 Å². The number of amides is 2. The van der Waals surface area contributed by atoms with Gasteiger partial charge in [-0.3, -0.25) is 0 Å². The molecule has 9 nitrogen and oxygen atoms in total. The quantitative estimate of drug-likeness (QED) is 0.716. The standard InChI is InChI=1S/C15H22N6O3/c1-3-9-20(12(2)13(22)23)15(24)21(14-17-5-4-6-18-14)19-10-7-16-8-11-19/h3-6,12,16H,1,7-11H2,2H3,(H,22,23). The lowest BCUT2D eigenvalue weighted by molar-refractivity contribution is -0.141. The van der Waals surface area contributed by atoms with Crippen LogP contribution < -0.4 is 10.3 Å². The molecule has 0 aromatic carbocycles. The van der Waals surface area contributed by atoms with E-state index in [0.29, 0.717) is 26.2 Å². The zero-order chi connectivity index (χ0) is 17.5. The van der Waals surface area contributed by atoms with Gasteiger partial charge < -0.3 is 15.3 Å². The SMILES string of the molecule is C=CCN(C(=O)N(c1ncccn1)N1CCNCC1)C(C)C(=O)O. The number of hydrogen-bond acceptors (Lipinski definition) is 6. The number of nitrogens with one attached hydrogen (secondary N) is 1. The Balaban J connectivity index is 2.34. The summed E-state index contributed by atoms with van der Waals surface area (Å²) < 4.78 is 0. The highest BCUT2D eigenvalue weighted by Gasteiger charge is 2.34. The minimum absolute atomic E-state index is 0.113. The van der Waals surface area contributed by atoms with E-state index in [-0.39, 0.29) is 12.5 Å². The summed E-state index contributed by atoms with van der Waals surface area (Å²) in [7, 11) is 0. The number of carboxylic acid groups (broad SMARTS) is 1. The van der Waals surface area contributed by atoms with Crippen molar-refractivity contribution in [2.45, 2.75) is 13.0 Å². The van der Waals surface area contributed by atoms with Crippen LogP contribution in [0.25, 0.3) is 0 Å². The van der Waals surface area contributed by atoms with Crippen molar-refractivity contribution in [1.82, 2.24) is 25.2 Å². The first-order valence-corrected chi connectivity index (χ1v) is 7.73. The molecule has 2 N–H and O–H groups in total. The maximum absolute atomic E-state index is 13.1. The van der Waals surface area contributed by atoms with Crippen LogP contribution in [0.1, 0.15) is 6.92 Å². The van der Waals surface area contributed by atoms with E-state index in [4.69, 9.17) is 0 Å². The molecule has 130 valence electrons. The average molecular weight is 334 g/mol. The molecule has 1 fully saturated rings. The number of carbonyl (C=O) groups excluding carboxylic acids is 1. The highest BCUT2D eigenvalue weighted by atomic mass is 16.4. The lowest BCUT2D eigenvalue weighted by Gasteiger charge is -2.39. The number of carboxylic acids is 1. The van der Waals surface area contributed by atoms with Gasteiger partial charge in [0.1, 0.15) is 6.04 Å². The molecule has 24 heavy (non-hydrogen) atoms. The fourth-order valence-corrected chi connectivity index (χ4v) is 2.38. The van der Waals surface area contributed by atoms with E-state index in [1.165, 1.54) is 22.9 Å². The largest absolute Gasteiger partial charge is 0.480 e. The Morgan fingerprint density at radius 1 is 1.42 bits per heavy atom. The fourth-order valence-electron chi connectivity index (χ4n) is 2.38. The number of urea groups is 1. The van der Waals surface area contributed by atoms with E-state index in [9.17, 15) is 14.7 Å². The molecule has 1 aliphatic heterocycles. The average Bonchev–Trinajstić information content (AvgIpc) is 2.61. The molecule has 1 saturated heterocycles. The van der Waals surface area contributed by atoms with Gasteiger partial charge in [-0.2, -0.15) is 5.01 Å². The van der Waals surface area contributed by atoms with Gasteiger partial charge >= 0.3 is 12.0 Å². The van der Waals surface area contributed by atoms with Gasteiger partial charge in [0.25, 0.3) is 0 Å². The minimum Gasteiger partial charge on any atom is -0.480 e. The zero-order valence-corrected chi connectivity index (χ0v) is 13.6. The van der Waals surface area contributed by atoms with Crippen molar-refractivity contribution in [1.29, 1.82) is 0 Å². The maximum Gasteiger partial charge on any atom is 0.342 e. The molecule has 1 aromatic rings. The summed E-state index contributed by atoms with van der Waals surface area (Å²) >= 11 is 0. The van der Waals surface area contributed by atoms with E-state index >= 15 is 0 Å². The van der Waals surface area contributed by atoms with Gasteiger partial charge in [0.2, 0.25) is 5.95 Å². The van der Waals surface area contributed by atoms with E-state index in [1.807, 2.05) is 5.01 Å². The normalized spacial score (nSPS) is 16.2. The molecular weight excluding hydrogens is 312 g/mol. The second kappa shape index (κ2) is 8.37. The molecule has 9 heteroatoms. The molecule has 2 heterocycles. The van der Waals surface area contributed by atoms with Crippen LogP contribution in [-0.4, -0.2) is 75.7 Å². The van der Waals surface area contributed by atoms with Gasteiger partial charge in [0.05, 0.1) is 0 Å². The summed E-state index contributed by atoms with van der Waals surface area (Å²) in [5.74, 6) is -0.865. The van der Waals surface area contributed by atoms with Crippen molar-refractivity contribution >= 4 is 17.9 Å². The van der Waals surface area contributed by atoms with Crippen LogP contribution in [0.2, 0.25) is 0 Å². The second-order valence-electron chi connectivity index (χ2n) is 5.30. The molecule has 2 amide bonds. The van der Waals surface area contributed by atoms with Crippen LogP contribution in [0, 0.1) is 0 Å². The van der Waals surface area contributed by atoms with E-state index in [2.05, 4.69) is 21.9 Å². The van der Waals surface area contributed by atoms with Crippen molar-refractivity contribution < 1.29 is 14.7 Å². The number of hydrazine groups is 1. The van der Waals surface area contributed by atoms with E-state index in [0.717, 1.165) is 0 Å². The third-order valence-corrected chi connectivity index (χ3v) is 3.70. The molecule has 0 aliphatic carbocycles. The summed E-state index contributed by atoms with van der Waals surface area (Å²) in [6, 6.07) is 0.174. The molecule has 2 rings (SSSR count). The number of anilines is 1. The Labute approximate surface area is 140 Å². The van der Waals surface area contributed by atoms with E-state index in [1.54, 1.807) is 18.5 Å². The Morgan fingerprint density at radius 3 is 2.58 bits per heavy atom. The Morgan fingerprint density at radius 2 is 2.04 bits per heavy atom. The summed E-state index contributed by atoms with van der Waals surface area (Å²) in [6.45, 7) is 7.80. The molecule has 0 radical (unpaired) electrons. The molecule has 1 unspecified atom stereocenters. The van der Waals surface area contributed by atoms with Gasteiger partial charge in [-0.1, -0.05) is 6.08 Å². The highest BCUT2D eigenvalue weighted by molar-refractivity contribution is 5.92. The fraction of sp³-hybridized carbons (Fsp3) is 0.467. The molecule has 0 spiro atoms. The van der Waals surface area contributed by atoms with Crippen LogP contribution in [0.5, 0.6) is 0 Å². The lowest BCUT2D eigenvalue weighted by Crippen LogP contribution is -2.60. The first-order valence-electron chi connectivity index (χ1n) is 7.73. The Kier molecular flexibility index (Phi) is 6.21. The number of aromatic nitrogens is 2. The molecule has 1 aliphatic rings. The third kappa shape index (κ3) is 4.06. The Hall–Kier alpha value is -2.52. The third-order valence-electron chi connectivity index (χ3n) is 3.70. The topological polar surface area (TPSA) is 102 Å². The number of nitrogens with zero attached hydrogens (tertiary/aromatic N) is 5. The van der Waals surface area contributed by atoms with Gasteiger partial charge in [0, 0.05) is 45.1 Å². The number of hydrogen-bond donors (Lipinski definition) is 2. The maximum atomic E-state index is 13.1. The monoisotopic (exact) mass is 334 g/mol. The number of carbonyl (C=O) groups is 2. The van der Waals surface area contributed by atoms with Crippen molar-refractivity contribution in [3.8, 4) is 0 Å². The van der Waals surface area contributed by atoms with Gasteiger partial charge in [-0.05, 0) is 13.0 Å². The predicted molar refractivity (Wildman–Crippen MR) is 88.4 cm³/mol. The summed E-state index contributed by atoms with van der Waals surface area (Å²) in [5.41, 5.74) is 0. The first kappa shape index (κ1) is 17.8. The second-order valence-corrected chi connectivity index (χ2v) is 5.30. The summed E-state index contributed by atoms with van der Waals surface area (Å²) in [4.78, 5) is 34.0. The highest BCUT2D eigenvalue weighted by Crippen LogP contribution is 2.15. The molecule has 1 aromatic heterocycles. The van der Waals surface area contributed by atoms with Crippen LogP contribution in [0.15, 0.2) is 31.1 Å². The smallest absolute Gasteiger partial charge is 0.342 e. The van der Waals surface area contributed by atoms with E-state index < -0.39 is 18.0 Å². The molecule has 1 atom stereocenters. The van der Waals surface area contributed by atoms with Crippen molar-refractivity contribution in [2.24, 2.45) is 0 Å². The van der Waals surface area contributed by atoms with Gasteiger partial charge in [-0.25, -0.2) is 24.6 Å². The summed E-state index contributed by atoms with van der Waals surface area (Å²) in [6.07, 6.45) is 4.59. The number of aliphatic carboxylic acids is 1. The molecular formula is C15H22N6O3. The van der Waals surface area contributed by atoms with Gasteiger partial charge in [0.15, 0.2) is 0 Å². The first-order chi connectivity index (χ1) is 11.6. The van der Waals surface area contributed by atoms with Crippen molar-refractivity contribution in [2.75, 3.05) is 37.7 Å². The number of rotatable bonds is 6. The summed E-state index contributed by atoms with van der Waals surface area (Å²) in [5, 5.41) is 15.7. The minimum atomic E-state index is -1.08. The Bertz CT molecular complexity index is 576. The lowest BCUT2D eigenvalue weighted by atomic mass is 10.3. The van der Waals surface area contributed by atoms with Gasteiger partial charge in [-0.15, -0.1) is 6.58 Å². The number of piperazine rings is 1. The molecule has 0 bridgehead atoms. The predicted octanol–water partition coefficient (Wildman–Crippen LogP) is 0.184. The van der Waals surface area contributed by atoms with Crippen LogP contribution in [-0.2, 0) is 4.79 Å². The molecule has 0 saturated carbocycles. The van der Waals surface area contributed by atoms with Crippen LogP contribution >= 0.6 is 0 Å².